The average molecular weight is 386 g/mol. The van der Waals surface area contributed by atoms with E-state index in [9.17, 15) is 14.4 Å². The fourth-order valence-electron chi connectivity index (χ4n) is 3.78. The van der Waals surface area contributed by atoms with Crippen LogP contribution in [0.2, 0.25) is 0 Å². The monoisotopic (exact) mass is 386 g/mol. The summed E-state index contributed by atoms with van der Waals surface area (Å²) in [6.45, 7) is 4.17. The number of carbonyl (C=O) groups is 3. The molecule has 0 aromatic heterocycles. The van der Waals surface area contributed by atoms with Crippen LogP contribution in [0.3, 0.4) is 0 Å². The number of benzene rings is 3. The number of imide groups is 1. The molecule has 0 atom stereocenters. The molecular formula is C24H22N2O3. The molecule has 0 fully saturated rings. The number of nitrogens with zero attached hydrogens (tertiary/aromatic N) is 1. The first kappa shape index (κ1) is 18.9. The van der Waals surface area contributed by atoms with Crippen LogP contribution in [0, 0.1) is 13.8 Å². The average Bonchev–Trinajstić information content (AvgIpc) is 2.72. The van der Waals surface area contributed by atoms with Crippen LogP contribution in [0.25, 0.3) is 10.8 Å². The van der Waals surface area contributed by atoms with Crippen LogP contribution in [0.5, 0.6) is 0 Å². The maximum absolute atomic E-state index is 12.9. The van der Waals surface area contributed by atoms with Crippen molar-refractivity contribution in [2.24, 2.45) is 0 Å². The largest absolute Gasteiger partial charge is 0.326 e. The fraction of sp³-hybridized carbons (Fsp3) is 0.208. The second-order valence-electron chi connectivity index (χ2n) is 7.37. The van der Waals surface area contributed by atoms with Gasteiger partial charge < -0.3 is 5.32 Å². The van der Waals surface area contributed by atoms with Crippen molar-refractivity contribution in [1.29, 1.82) is 0 Å². The van der Waals surface area contributed by atoms with Gasteiger partial charge in [0.15, 0.2) is 0 Å². The number of hydrogen-bond acceptors (Lipinski definition) is 3. The third-order valence-corrected chi connectivity index (χ3v) is 5.52. The summed E-state index contributed by atoms with van der Waals surface area (Å²) in [5, 5.41) is 4.52. The SMILES string of the molecule is Cc1cccc(NC(=O)CCCN2C(=O)c3cccc4cccc(c34)C2=O)c1C. The number of amides is 3. The van der Waals surface area contributed by atoms with Gasteiger partial charge in [-0.05, 0) is 55.0 Å². The lowest BCUT2D eigenvalue weighted by molar-refractivity contribution is -0.116. The Bertz CT molecular complexity index is 1100. The van der Waals surface area contributed by atoms with Gasteiger partial charge in [-0.2, -0.15) is 0 Å². The number of anilines is 1. The number of hydrogen-bond donors (Lipinski definition) is 1. The van der Waals surface area contributed by atoms with Crippen LogP contribution in [0.1, 0.15) is 44.7 Å². The molecule has 5 heteroatoms. The number of nitrogens with one attached hydrogen (secondary N) is 1. The second kappa shape index (κ2) is 7.51. The Labute approximate surface area is 169 Å². The van der Waals surface area contributed by atoms with Gasteiger partial charge in [-0.3, -0.25) is 19.3 Å². The fourth-order valence-corrected chi connectivity index (χ4v) is 3.78. The van der Waals surface area contributed by atoms with Crippen molar-refractivity contribution >= 4 is 34.2 Å². The maximum atomic E-state index is 12.9. The molecule has 1 N–H and O–H groups in total. The first-order valence-corrected chi connectivity index (χ1v) is 9.71. The first-order valence-electron chi connectivity index (χ1n) is 9.71. The third kappa shape index (κ3) is 3.40. The lowest BCUT2D eigenvalue weighted by Gasteiger charge is -2.27. The molecule has 29 heavy (non-hydrogen) atoms. The van der Waals surface area contributed by atoms with Gasteiger partial charge >= 0.3 is 0 Å². The Morgan fingerprint density at radius 1 is 0.897 bits per heavy atom. The van der Waals surface area contributed by atoms with Crippen LogP contribution < -0.4 is 5.32 Å². The highest BCUT2D eigenvalue weighted by atomic mass is 16.2. The van der Waals surface area contributed by atoms with E-state index in [0.29, 0.717) is 22.9 Å². The van der Waals surface area contributed by atoms with Crippen molar-refractivity contribution < 1.29 is 14.4 Å². The van der Waals surface area contributed by atoms with Crippen LogP contribution in [-0.2, 0) is 4.79 Å². The first-order chi connectivity index (χ1) is 14.0. The predicted molar refractivity (Wildman–Crippen MR) is 113 cm³/mol. The Balaban J connectivity index is 1.44. The Morgan fingerprint density at radius 2 is 1.52 bits per heavy atom. The highest BCUT2D eigenvalue weighted by Gasteiger charge is 2.32. The highest BCUT2D eigenvalue weighted by molar-refractivity contribution is 6.25. The molecule has 4 rings (SSSR count). The van der Waals surface area contributed by atoms with Crippen molar-refractivity contribution in [2.75, 3.05) is 11.9 Å². The Hall–Kier alpha value is -3.47. The van der Waals surface area contributed by atoms with E-state index in [2.05, 4.69) is 5.32 Å². The molecule has 3 aromatic rings. The van der Waals surface area contributed by atoms with Gasteiger partial charge in [0.2, 0.25) is 5.91 Å². The van der Waals surface area contributed by atoms with Gasteiger partial charge in [0.05, 0.1) is 0 Å². The van der Waals surface area contributed by atoms with Crippen LogP contribution in [0.15, 0.2) is 54.6 Å². The lowest BCUT2D eigenvalue weighted by Crippen LogP contribution is -2.41. The number of carbonyl (C=O) groups excluding carboxylic acids is 3. The van der Waals surface area contributed by atoms with Gasteiger partial charge in [0.25, 0.3) is 11.8 Å². The molecule has 1 aliphatic rings. The molecule has 3 aromatic carbocycles. The molecule has 5 nitrogen and oxygen atoms in total. The third-order valence-electron chi connectivity index (χ3n) is 5.52. The van der Waals surface area contributed by atoms with Crippen molar-refractivity contribution in [3.8, 4) is 0 Å². The van der Waals surface area contributed by atoms with Crippen molar-refractivity contribution in [2.45, 2.75) is 26.7 Å². The Kier molecular flexibility index (Phi) is 4.89. The molecule has 146 valence electrons. The normalized spacial score (nSPS) is 13.1. The molecule has 0 saturated heterocycles. The van der Waals surface area contributed by atoms with E-state index in [1.165, 1.54) is 4.90 Å². The number of rotatable bonds is 5. The summed E-state index contributed by atoms with van der Waals surface area (Å²) in [5.74, 6) is -0.721. The topological polar surface area (TPSA) is 66.5 Å². The molecule has 0 bridgehead atoms. The highest BCUT2D eigenvalue weighted by Crippen LogP contribution is 2.30. The van der Waals surface area contributed by atoms with E-state index < -0.39 is 0 Å². The molecule has 0 aliphatic carbocycles. The molecule has 0 unspecified atom stereocenters. The molecule has 0 spiro atoms. The summed E-state index contributed by atoms with van der Waals surface area (Å²) in [6, 6.07) is 16.7. The smallest absolute Gasteiger partial charge is 0.261 e. The second-order valence-corrected chi connectivity index (χ2v) is 7.37. The minimum Gasteiger partial charge on any atom is -0.326 e. The minimum absolute atomic E-state index is 0.127. The van der Waals surface area contributed by atoms with E-state index in [-0.39, 0.29) is 30.7 Å². The van der Waals surface area contributed by atoms with Crippen LogP contribution >= 0.6 is 0 Å². The molecule has 3 amide bonds. The van der Waals surface area contributed by atoms with E-state index in [0.717, 1.165) is 22.2 Å². The Morgan fingerprint density at radius 3 is 2.17 bits per heavy atom. The number of aryl methyl sites for hydroxylation is 1. The van der Waals surface area contributed by atoms with Gasteiger partial charge in [0.1, 0.15) is 0 Å². The molecule has 1 aliphatic heterocycles. The maximum Gasteiger partial charge on any atom is 0.261 e. The lowest BCUT2D eigenvalue weighted by atomic mass is 9.94. The van der Waals surface area contributed by atoms with Gasteiger partial charge in [-0.15, -0.1) is 0 Å². The van der Waals surface area contributed by atoms with E-state index in [4.69, 9.17) is 0 Å². The predicted octanol–water partition coefficient (Wildman–Crippen LogP) is 4.47. The zero-order chi connectivity index (χ0) is 20.5. The van der Waals surface area contributed by atoms with Gasteiger partial charge in [-0.1, -0.05) is 36.4 Å². The quantitative estimate of drug-likeness (QED) is 0.658. The summed E-state index contributed by atoms with van der Waals surface area (Å²) in [7, 11) is 0. The molecule has 0 saturated carbocycles. The van der Waals surface area contributed by atoms with E-state index in [1.807, 2.05) is 56.3 Å². The van der Waals surface area contributed by atoms with Crippen molar-refractivity contribution in [1.82, 2.24) is 4.90 Å². The van der Waals surface area contributed by atoms with Crippen molar-refractivity contribution in [3.63, 3.8) is 0 Å². The van der Waals surface area contributed by atoms with E-state index >= 15 is 0 Å². The molecular weight excluding hydrogens is 364 g/mol. The molecule has 0 radical (unpaired) electrons. The zero-order valence-corrected chi connectivity index (χ0v) is 16.5. The summed E-state index contributed by atoms with van der Waals surface area (Å²) >= 11 is 0. The minimum atomic E-state index is -0.297. The molecule has 1 heterocycles. The standard InChI is InChI=1S/C24H22N2O3/c1-15-7-3-12-20(16(15)2)25-21(27)13-6-14-26-23(28)18-10-4-8-17-9-5-11-19(22(17)18)24(26)29/h3-5,7-12H,6,13-14H2,1-2H3,(H,25,27). The summed E-state index contributed by atoms with van der Waals surface area (Å²) in [5.41, 5.74) is 4.02. The van der Waals surface area contributed by atoms with Crippen LogP contribution in [-0.4, -0.2) is 29.2 Å². The van der Waals surface area contributed by atoms with Gasteiger partial charge in [-0.25, -0.2) is 0 Å². The summed E-state index contributed by atoms with van der Waals surface area (Å²) in [4.78, 5) is 39.3. The van der Waals surface area contributed by atoms with Crippen LogP contribution in [0.4, 0.5) is 5.69 Å². The zero-order valence-electron chi connectivity index (χ0n) is 16.5. The van der Waals surface area contributed by atoms with Gasteiger partial charge in [0, 0.05) is 35.2 Å². The van der Waals surface area contributed by atoms with Crippen molar-refractivity contribution in [3.05, 3.63) is 76.9 Å². The summed E-state index contributed by atoms with van der Waals surface area (Å²) < 4.78 is 0. The van der Waals surface area contributed by atoms with E-state index in [1.54, 1.807) is 12.1 Å². The summed E-state index contributed by atoms with van der Waals surface area (Å²) in [6.07, 6.45) is 0.641.